The van der Waals surface area contributed by atoms with Crippen LogP contribution in [0.4, 0.5) is 0 Å². The van der Waals surface area contributed by atoms with Crippen molar-refractivity contribution in [3.8, 4) is 0 Å². The number of piperidine rings is 1. The van der Waals surface area contributed by atoms with Crippen LogP contribution in [0.25, 0.3) is 0 Å². The minimum absolute atomic E-state index is 0.237. The highest BCUT2D eigenvalue weighted by Gasteiger charge is 2.36. The van der Waals surface area contributed by atoms with E-state index in [-0.39, 0.29) is 5.91 Å². The van der Waals surface area contributed by atoms with Gasteiger partial charge in [0, 0.05) is 38.8 Å². The van der Waals surface area contributed by atoms with E-state index in [0.29, 0.717) is 48.9 Å². The summed E-state index contributed by atoms with van der Waals surface area (Å²) in [6.45, 7) is 3.48. The molecule has 1 aromatic heterocycles. The lowest BCUT2D eigenvalue weighted by atomic mass is 9.78. The zero-order chi connectivity index (χ0) is 18.9. The van der Waals surface area contributed by atoms with E-state index in [9.17, 15) is 13.2 Å². The lowest BCUT2D eigenvalue weighted by molar-refractivity contribution is -0.139. The standard InChI is InChI=1S/C19H29N3O3S2/c23-18(22-9-3-6-16-5-1-2-7-17(16)22)15-20-10-12-21(13-11-20)27(24,25)19-8-4-14-26-19/h4,8,14,16-17H,1-3,5-7,9-13,15H2/t16-,17-/m0/s1. The van der Waals surface area contributed by atoms with Crippen LogP contribution in [-0.4, -0.2) is 73.7 Å². The van der Waals surface area contributed by atoms with Gasteiger partial charge in [-0.15, -0.1) is 11.3 Å². The third-order valence-electron chi connectivity index (χ3n) is 6.34. The van der Waals surface area contributed by atoms with Crippen LogP contribution in [0.3, 0.4) is 0 Å². The highest BCUT2D eigenvalue weighted by molar-refractivity contribution is 7.91. The van der Waals surface area contributed by atoms with Gasteiger partial charge < -0.3 is 4.90 Å². The number of fused-ring (bicyclic) bond motifs is 1. The van der Waals surface area contributed by atoms with E-state index in [1.54, 1.807) is 21.8 Å². The number of carbonyl (C=O) groups is 1. The van der Waals surface area contributed by atoms with Crippen LogP contribution in [0.2, 0.25) is 0 Å². The molecule has 0 bridgehead atoms. The smallest absolute Gasteiger partial charge is 0.252 e. The van der Waals surface area contributed by atoms with Gasteiger partial charge in [-0.3, -0.25) is 9.69 Å². The predicted octanol–water partition coefficient (Wildman–Crippen LogP) is 2.24. The Morgan fingerprint density at radius 2 is 1.78 bits per heavy atom. The molecule has 1 aliphatic carbocycles. The first kappa shape index (κ1) is 19.4. The quantitative estimate of drug-likeness (QED) is 0.762. The number of piperazine rings is 1. The molecular formula is C19H29N3O3S2. The van der Waals surface area contributed by atoms with Crippen molar-refractivity contribution in [1.29, 1.82) is 0 Å². The van der Waals surface area contributed by atoms with Gasteiger partial charge in [-0.1, -0.05) is 18.9 Å². The predicted molar refractivity (Wildman–Crippen MR) is 106 cm³/mol. The molecule has 150 valence electrons. The highest BCUT2D eigenvalue weighted by Crippen LogP contribution is 2.35. The summed E-state index contributed by atoms with van der Waals surface area (Å²) < 4.78 is 27.2. The first-order valence-electron chi connectivity index (χ1n) is 10.1. The van der Waals surface area contributed by atoms with Gasteiger partial charge in [0.2, 0.25) is 5.91 Å². The Hall–Kier alpha value is -0.960. The van der Waals surface area contributed by atoms with Crippen LogP contribution in [-0.2, 0) is 14.8 Å². The zero-order valence-electron chi connectivity index (χ0n) is 15.8. The molecule has 0 unspecified atom stereocenters. The minimum Gasteiger partial charge on any atom is -0.338 e. The molecule has 4 rings (SSSR count). The van der Waals surface area contributed by atoms with E-state index in [0.717, 1.165) is 19.4 Å². The molecule has 1 aromatic rings. The molecule has 3 aliphatic rings. The van der Waals surface area contributed by atoms with Gasteiger partial charge >= 0.3 is 0 Å². The monoisotopic (exact) mass is 411 g/mol. The zero-order valence-corrected chi connectivity index (χ0v) is 17.4. The Bertz CT molecular complexity index is 740. The molecule has 0 N–H and O–H groups in total. The Kier molecular flexibility index (Phi) is 5.87. The summed E-state index contributed by atoms with van der Waals surface area (Å²) in [5, 5.41) is 1.79. The molecule has 3 fully saturated rings. The molecule has 2 aliphatic heterocycles. The third-order valence-corrected chi connectivity index (χ3v) is 9.61. The van der Waals surface area contributed by atoms with Gasteiger partial charge in [0.1, 0.15) is 4.21 Å². The summed E-state index contributed by atoms with van der Waals surface area (Å²) in [5.74, 6) is 0.936. The summed E-state index contributed by atoms with van der Waals surface area (Å²) in [4.78, 5) is 17.2. The topological polar surface area (TPSA) is 60.9 Å². The maximum absolute atomic E-state index is 12.9. The molecule has 0 spiro atoms. The van der Waals surface area contributed by atoms with E-state index in [2.05, 4.69) is 9.80 Å². The largest absolute Gasteiger partial charge is 0.338 e. The van der Waals surface area contributed by atoms with Crippen LogP contribution in [0, 0.1) is 5.92 Å². The number of rotatable bonds is 4. The first-order valence-corrected chi connectivity index (χ1v) is 12.4. The van der Waals surface area contributed by atoms with Crippen molar-refractivity contribution >= 4 is 27.3 Å². The fourth-order valence-electron chi connectivity index (χ4n) is 4.88. The summed E-state index contributed by atoms with van der Waals surface area (Å²) in [7, 11) is -3.38. The number of nitrogens with zero attached hydrogens (tertiary/aromatic N) is 3. The summed E-state index contributed by atoms with van der Waals surface area (Å²) in [6, 6.07) is 3.87. The fraction of sp³-hybridized carbons (Fsp3) is 0.737. The van der Waals surface area contributed by atoms with Crippen LogP contribution in [0.1, 0.15) is 38.5 Å². The molecule has 0 aromatic carbocycles. The maximum atomic E-state index is 12.9. The number of hydrogen-bond donors (Lipinski definition) is 0. The molecule has 27 heavy (non-hydrogen) atoms. The Balaban J connectivity index is 1.32. The van der Waals surface area contributed by atoms with Gasteiger partial charge in [0.15, 0.2) is 0 Å². The number of likely N-dealkylation sites (tertiary alicyclic amines) is 1. The van der Waals surface area contributed by atoms with E-state index < -0.39 is 10.0 Å². The van der Waals surface area contributed by atoms with E-state index in [1.807, 2.05) is 0 Å². The van der Waals surface area contributed by atoms with Gasteiger partial charge in [-0.05, 0) is 43.0 Å². The number of sulfonamides is 1. The van der Waals surface area contributed by atoms with Crippen molar-refractivity contribution in [2.75, 3.05) is 39.3 Å². The van der Waals surface area contributed by atoms with E-state index in [4.69, 9.17) is 0 Å². The normalized spacial score (nSPS) is 28.1. The summed E-state index contributed by atoms with van der Waals surface area (Å²) >= 11 is 1.26. The Labute approximate surface area is 166 Å². The van der Waals surface area contributed by atoms with Crippen molar-refractivity contribution in [3.63, 3.8) is 0 Å². The maximum Gasteiger partial charge on any atom is 0.252 e. The van der Waals surface area contributed by atoms with Gasteiger partial charge in [0.25, 0.3) is 10.0 Å². The first-order chi connectivity index (χ1) is 13.1. The van der Waals surface area contributed by atoms with Crippen molar-refractivity contribution < 1.29 is 13.2 Å². The lowest BCUT2D eigenvalue weighted by Gasteiger charge is -2.45. The van der Waals surface area contributed by atoms with Crippen LogP contribution in [0.5, 0.6) is 0 Å². The van der Waals surface area contributed by atoms with Gasteiger partial charge in [0.05, 0.1) is 6.54 Å². The van der Waals surface area contributed by atoms with Crippen molar-refractivity contribution in [3.05, 3.63) is 17.5 Å². The van der Waals surface area contributed by atoms with Crippen LogP contribution < -0.4 is 0 Å². The average Bonchev–Trinajstić information content (AvgIpc) is 3.24. The van der Waals surface area contributed by atoms with Crippen molar-refractivity contribution in [2.24, 2.45) is 5.92 Å². The van der Waals surface area contributed by atoms with E-state index in [1.165, 1.54) is 37.0 Å². The Morgan fingerprint density at radius 1 is 1.04 bits per heavy atom. The summed E-state index contributed by atoms with van der Waals surface area (Å²) in [6.07, 6.45) is 7.37. The third kappa shape index (κ3) is 4.09. The average molecular weight is 412 g/mol. The van der Waals surface area contributed by atoms with Crippen molar-refractivity contribution in [1.82, 2.24) is 14.1 Å². The molecule has 0 radical (unpaired) electrons. The molecule has 6 nitrogen and oxygen atoms in total. The molecule has 1 amide bonds. The van der Waals surface area contributed by atoms with E-state index >= 15 is 0 Å². The fourth-order valence-corrected chi connectivity index (χ4v) is 7.45. The molecule has 3 heterocycles. The Morgan fingerprint density at radius 3 is 2.52 bits per heavy atom. The van der Waals surface area contributed by atoms with Gasteiger partial charge in [-0.2, -0.15) is 4.31 Å². The lowest BCUT2D eigenvalue weighted by Crippen LogP contribution is -2.55. The number of thiophene rings is 1. The number of amides is 1. The molecule has 2 atom stereocenters. The molecule has 1 saturated carbocycles. The SMILES string of the molecule is O=C(CN1CCN(S(=O)(=O)c2cccs2)CC1)N1CCC[C@@H]2CCCC[C@@H]21. The molecular weight excluding hydrogens is 382 g/mol. The number of hydrogen-bond acceptors (Lipinski definition) is 5. The number of carbonyl (C=O) groups excluding carboxylic acids is 1. The van der Waals surface area contributed by atoms with Crippen LogP contribution in [0.15, 0.2) is 21.7 Å². The van der Waals surface area contributed by atoms with Crippen molar-refractivity contribution in [2.45, 2.75) is 48.8 Å². The summed E-state index contributed by atoms with van der Waals surface area (Å²) in [5.41, 5.74) is 0. The second-order valence-corrected chi connectivity index (χ2v) is 11.1. The van der Waals surface area contributed by atoms with Gasteiger partial charge in [-0.25, -0.2) is 8.42 Å². The minimum atomic E-state index is -3.38. The van der Waals surface area contributed by atoms with Crippen LogP contribution >= 0.6 is 11.3 Å². The highest BCUT2D eigenvalue weighted by atomic mass is 32.2. The second kappa shape index (κ2) is 8.19. The molecule has 2 saturated heterocycles. The molecule has 8 heteroatoms. The second-order valence-electron chi connectivity index (χ2n) is 7.95.